The van der Waals surface area contributed by atoms with Crippen LogP contribution in [0, 0.1) is 5.82 Å². The first-order valence-electron chi connectivity index (χ1n) is 12.8. The molecule has 1 fully saturated rings. The number of urea groups is 1. The number of aliphatic carboxylic acids is 1. The molecule has 0 bridgehead atoms. The zero-order valence-corrected chi connectivity index (χ0v) is 20.7. The molecule has 8 heteroatoms. The molecule has 2 aromatic carbocycles. The predicted octanol–water partition coefficient (Wildman–Crippen LogP) is 5.13. The normalized spacial score (nSPS) is 15.9. The van der Waals surface area contributed by atoms with E-state index in [1.165, 1.54) is 11.6 Å². The molecule has 1 atom stereocenters. The Morgan fingerprint density at radius 1 is 1.11 bits per heavy atom. The second kappa shape index (κ2) is 11.0. The van der Waals surface area contributed by atoms with Crippen molar-refractivity contribution in [2.75, 3.05) is 31.5 Å². The fraction of sp³-hybridized carbons (Fsp3) is 0.345. The molecule has 0 aliphatic carbocycles. The maximum atomic E-state index is 15.1. The molecule has 3 aromatic rings. The summed E-state index contributed by atoms with van der Waals surface area (Å²) in [5.41, 5.74) is 3.92. The SMILES string of the molecule is O=C(O)C[C@@H](c1ccc(-c2ccccc2)c(F)c1)N1CCN(CCCc2ccc3c(n2)NCCC3)C1=O. The number of benzene rings is 2. The van der Waals surface area contributed by atoms with E-state index in [-0.39, 0.29) is 12.5 Å². The molecule has 2 amide bonds. The van der Waals surface area contributed by atoms with Crippen molar-refractivity contribution in [1.29, 1.82) is 0 Å². The summed E-state index contributed by atoms with van der Waals surface area (Å²) in [5.74, 6) is -0.500. The lowest BCUT2D eigenvalue weighted by molar-refractivity contribution is -0.138. The number of carboxylic acids is 1. The number of aromatic nitrogens is 1. The molecule has 2 aliphatic rings. The van der Waals surface area contributed by atoms with Crippen LogP contribution in [0.2, 0.25) is 0 Å². The van der Waals surface area contributed by atoms with Gasteiger partial charge in [-0.25, -0.2) is 14.2 Å². The molecule has 0 saturated carbocycles. The van der Waals surface area contributed by atoms with Crippen molar-refractivity contribution in [2.24, 2.45) is 0 Å². The van der Waals surface area contributed by atoms with Gasteiger partial charge in [0.25, 0.3) is 0 Å². The third kappa shape index (κ3) is 5.58. The van der Waals surface area contributed by atoms with Gasteiger partial charge in [-0.3, -0.25) is 4.79 Å². The second-order valence-corrected chi connectivity index (χ2v) is 9.63. The number of carbonyl (C=O) groups excluding carboxylic acids is 1. The lowest BCUT2D eigenvalue weighted by Crippen LogP contribution is -2.36. The minimum absolute atomic E-state index is 0.209. The van der Waals surface area contributed by atoms with E-state index in [4.69, 9.17) is 4.98 Å². The summed E-state index contributed by atoms with van der Waals surface area (Å²) in [6.07, 6.45) is 3.40. The number of aryl methyl sites for hydroxylation is 2. The highest BCUT2D eigenvalue weighted by atomic mass is 19.1. The number of carbonyl (C=O) groups is 2. The number of rotatable bonds is 9. The number of fused-ring (bicyclic) bond motifs is 1. The third-order valence-corrected chi connectivity index (χ3v) is 7.15. The monoisotopic (exact) mass is 502 g/mol. The minimum Gasteiger partial charge on any atom is -0.481 e. The van der Waals surface area contributed by atoms with E-state index in [0.29, 0.717) is 30.8 Å². The average Bonchev–Trinajstić information content (AvgIpc) is 3.27. The molecular weight excluding hydrogens is 471 g/mol. The largest absolute Gasteiger partial charge is 0.481 e. The van der Waals surface area contributed by atoms with Crippen molar-refractivity contribution in [2.45, 2.75) is 38.1 Å². The van der Waals surface area contributed by atoms with Crippen LogP contribution in [-0.4, -0.2) is 58.1 Å². The Morgan fingerprint density at radius 2 is 1.95 bits per heavy atom. The molecule has 5 rings (SSSR count). The van der Waals surface area contributed by atoms with E-state index in [1.54, 1.807) is 21.9 Å². The fourth-order valence-electron chi connectivity index (χ4n) is 5.22. The number of anilines is 1. The fourth-order valence-corrected chi connectivity index (χ4v) is 5.22. The first kappa shape index (κ1) is 24.7. The van der Waals surface area contributed by atoms with E-state index in [0.717, 1.165) is 49.3 Å². The van der Waals surface area contributed by atoms with Gasteiger partial charge in [-0.05, 0) is 54.5 Å². The zero-order chi connectivity index (χ0) is 25.8. The Bertz CT molecular complexity index is 1280. The zero-order valence-electron chi connectivity index (χ0n) is 20.7. The summed E-state index contributed by atoms with van der Waals surface area (Å²) < 4.78 is 15.1. The topological polar surface area (TPSA) is 85.8 Å². The molecular formula is C29H31FN4O3. The van der Waals surface area contributed by atoms with Crippen LogP contribution in [0.5, 0.6) is 0 Å². The van der Waals surface area contributed by atoms with Gasteiger partial charge in [0.05, 0.1) is 12.5 Å². The van der Waals surface area contributed by atoms with Gasteiger partial charge in [0.15, 0.2) is 0 Å². The van der Waals surface area contributed by atoms with Gasteiger partial charge in [-0.2, -0.15) is 0 Å². The van der Waals surface area contributed by atoms with Gasteiger partial charge >= 0.3 is 12.0 Å². The second-order valence-electron chi connectivity index (χ2n) is 9.63. The molecule has 1 saturated heterocycles. The third-order valence-electron chi connectivity index (χ3n) is 7.15. The summed E-state index contributed by atoms with van der Waals surface area (Å²) in [5, 5.41) is 12.9. The van der Waals surface area contributed by atoms with Crippen molar-refractivity contribution in [3.05, 3.63) is 83.3 Å². The Kier molecular flexibility index (Phi) is 7.35. The summed E-state index contributed by atoms with van der Waals surface area (Å²) in [6, 6.07) is 17.2. The highest BCUT2D eigenvalue weighted by Gasteiger charge is 2.35. The van der Waals surface area contributed by atoms with Crippen LogP contribution in [0.4, 0.5) is 15.0 Å². The Balaban J connectivity index is 1.25. The number of hydrogen-bond acceptors (Lipinski definition) is 4. The Hall–Kier alpha value is -3.94. The lowest BCUT2D eigenvalue weighted by Gasteiger charge is -2.27. The standard InChI is InChI=1S/C29H31FN4O3/c30-25-18-22(11-13-24(25)20-6-2-1-3-7-20)26(19-27(35)36)34-17-16-33(29(34)37)15-5-9-23-12-10-21-8-4-14-31-28(21)32-23/h1-3,6-7,10-13,18,26H,4-5,8-9,14-17,19H2,(H,31,32)(H,35,36)/t26-/m0/s1. The van der Waals surface area contributed by atoms with Crippen LogP contribution in [-0.2, 0) is 17.6 Å². The van der Waals surface area contributed by atoms with Crippen LogP contribution in [0.25, 0.3) is 11.1 Å². The maximum Gasteiger partial charge on any atom is 0.320 e. The van der Waals surface area contributed by atoms with E-state index in [2.05, 4.69) is 17.4 Å². The molecule has 0 radical (unpaired) electrons. The molecule has 192 valence electrons. The van der Waals surface area contributed by atoms with E-state index in [1.807, 2.05) is 30.3 Å². The molecule has 2 aliphatic heterocycles. The summed E-state index contributed by atoms with van der Waals surface area (Å²) in [4.78, 5) is 33.0. The number of nitrogens with zero attached hydrogens (tertiary/aromatic N) is 3. The number of hydrogen-bond donors (Lipinski definition) is 2. The van der Waals surface area contributed by atoms with Gasteiger partial charge < -0.3 is 20.2 Å². The molecule has 2 N–H and O–H groups in total. The number of carboxylic acid groups (broad SMARTS) is 1. The van der Waals surface area contributed by atoms with Crippen molar-refractivity contribution in [3.8, 4) is 11.1 Å². The Morgan fingerprint density at radius 3 is 2.73 bits per heavy atom. The lowest BCUT2D eigenvalue weighted by atomic mass is 9.97. The van der Waals surface area contributed by atoms with Crippen molar-refractivity contribution >= 4 is 17.8 Å². The molecule has 7 nitrogen and oxygen atoms in total. The van der Waals surface area contributed by atoms with Gasteiger partial charge in [0, 0.05) is 37.4 Å². The Labute approximate surface area is 215 Å². The average molecular weight is 503 g/mol. The molecule has 3 heterocycles. The first-order valence-corrected chi connectivity index (χ1v) is 12.8. The number of amides is 2. The van der Waals surface area contributed by atoms with E-state index in [9.17, 15) is 14.7 Å². The van der Waals surface area contributed by atoms with E-state index < -0.39 is 17.8 Å². The molecule has 0 spiro atoms. The van der Waals surface area contributed by atoms with Gasteiger partial charge in [-0.1, -0.05) is 48.5 Å². The van der Waals surface area contributed by atoms with E-state index >= 15 is 4.39 Å². The van der Waals surface area contributed by atoms with Crippen molar-refractivity contribution in [3.63, 3.8) is 0 Å². The highest BCUT2D eigenvalue weighted by Crippen LogP contribution is 2.32. The number of halogens is 1. The van der Waals surface area contributed by atoms with Gasteiger partial charge in [0.2, 0.25) is 0 Å². The predicted molar refractivity (Wildman–Crippen MR) is 140 cm³/mol. The summed E-state index contributed by atoms with van der Waals surface area (Å²) in [6.45, 7) is 2.42. The van der Waals surface area contributed by atoms with Crippen molar-refractivity contribution in [1.82, 2.24) is 14.8 Å². The van der Waals surface area contributed by atoms with Gasteiger partial charge in [0.1, 0.15) is 11.6 Å². The number of pyridine rings is 1. The minimum atomic E-state index is -1.03. The maximum absolute atomic E-state index is 15.1. The van der Waals surface area contributed by atoms with Crippen LogP contribution >= 0.6 is 0 Å². The summed E-state index contributed by atoms with van der Waals surface area (Å²) in [7, 11) is 0. The highest BCUT2D eigenvalue weighted by molar-refractivity contribution is 5.78. The summed E-state index contributed by atoms with van der Waals surface area (Å²) >= 11 is 0. The van der Waals surface area contributed by atoms with Crippen LogP contribution in [0.15, 0.2) is 60.7 Å². The quantitative estimate of drug-likeness (QED) is 0.424. The van der Waals surface area contributed by atoms with Crippen LogP contribution in [0.3, 0.4) is 0 Å². The first-order chi connectivity index (χ1) is 18.0. The van der Waals surface area contributed by atoms with Crippen molar-refractivity contribution < 1.29 is 19.1 Å². The van der Waals surface area contributed by atoms with Crippen LogP contribution < -0.4 is 5.32 Å². The number of nitrogens with one attached hydrogen (secondary N) is 1. The van der Waals surface area contributed by atoms with Gasteiger partial charge in [-0.15, -0.1) is 0 Å². The van der Waals surface area contributed by atoms with Crippen LogP contribution in [0.1, 0.15) is 42.1 Å². The molecule has 0 unspecified atom stereocenters. The molecule has 1 aromatic heterocycles. The smallest absolute Gasteiger partial charge is 0.320 e. The molecule has 37 heavy (non-hydrogen) atoms.